The minimum absolute atomic E-state index is 0.468. The highest BCUT2D eigenvalue weighted by Gasteiger charge is 2.24. The number of aromatic nitrogens is 7. The van der Waals surface area contributed by atoms with Gasteiger partial charge in [-0.1, -0.05) is 42.5 Å². The predicted octanol–water partition coefficient (Wildman–Crippen LogP) is 5.14. The molecule has 0 aliphatic carbocycles. The minimum Gasteiger partial charge on any atom is -0.438 e. The van der Waals surface area contributed by atoms with E-state index in [2.05, 4.69) is 20.1 Å². The van der Waals surface area contributed by atoms with Crippen LogP contribution in [0.15, 0.2) is 97.5 Å². The van der Waals surface area contributed by atoms with Gasteiger partial charge < -0.3 is 4.74 Å². The van der Waals surface area contributed by atoms with Gasteiger partial charge in [-0.05, 0) is 49.4 Å². The molecular weight excluding hydrogens is 426 g/mol. The fraction of sp³-hybridized carbons (Fsp3) is 0.0385. The predicted molar refractivity (Wildman–Crippen MR) is 128 cm³/mol. The van der Waals surface area contributed by atoms with Crippen molar-refractivity contribution in [3.05, 3.63) is 103 Å². The standard InChI is InChI=1S/C26H19N7O/c1-18-24(23-16-22(21-14-8-9-15-27-21)30-26-28-17-29-33(23)26)25(34-20-12-6-3-7-13-20)32(31-18)19-10-4-2-5-11-19/h2-17H,1H3. The average Bonchev–Trinajstić information content (AvgIpc) is 3.49. The third kappa shape index (κ3) is 3.47. The van der Waals surface area contributed by atoms with Gasteiger partial charge in [0.05, 0.1) is 34.0 Å². The van der Waals surface area contributed by atoms with Gasteiger partial charge in [0, 0.05) is 6.20 Å². The van der Waals surface area contributed by atoms with Crippen LogP contribution in [-0.2, 0) is 0 Å². The normalized spacial score (nSPS) is 11.1. The highest BCUT2D eigenvalue weighted by atomic mass is 16.5. The summed E-state index contributed by atoms with van der Waals surface area (Å²) in [5, 5.41) is 9.27. The van der Waals surface area contributed by atoms with Crippen molar-refractivity contribution in [2.75, 3.05) is 0 Å². The molecule has 8 nitrogen and oxygen atoms in total. The number of pyridine rings is 1. The van der Waals surface area contributed by atoms with E-state index in [0.29, 0.717) is 23.1 Å². The topological polar surface area (TPSA) is 83.0 Å². The molecule has 0 aliphatic rings. The smallest absolute Gasteiger partial charge is 0.253 e. The Hall–Kier alpha value is -4.85. The first-order chi connectivity index (χ1) is 16.8. The van der Waals surface area contributed by atoms with E-state index in [1.807, 2.05) is 91.9 Å². The summed E-state index contributed by atoms with van der Waals surface area (Å²) in [7, 11) is 0. The van der Waals surface area contributed by atoms with Crippen LogP contribution < -0.4 is 4.74 Å². The highest BCUT2D eigenvalue weighted by molar-refractivity contribution is 5.75. The van der Waals surface area contributed by atoms with Crippen molar-refractivity contribution in [2.45, 2.75) is 6.92 Å². The molecule has 0 fully saturated rings. The molecule has 4 heterocycles. The molecule has 4 aromatic heterocycles. The monoisotopic (exact) mass is 445 g/mol. The van der Waals surface area contributed by atoms with Gasteiger partial charge in [-0.15, -0.1) is 0 Å². The quantitative estimate of drug-likeness (QED) is 0.365. The fourth-order valence-corrected chi connectivity index (χ4v) is 3.88. The second-order valence-corrected chi connectivity index (χ2v) is 7.64. The van der Waals surface area contributed by atoms with Crippen LogP contribution in [0.25, 0.3) is 34.1 Å². The van der Waals surface area contributed by atoms with E-state index in [1.54, 1.807) is 15.4 Å². The lowest BCUT2D eigenvalue weighted by molar-refractivity contribution is 0.445. The van der Waals surface area contributed by atoms with Crippen LogP contribution in [0.4, 0.5) is 0 Å². The first-order valence-corrected chi connectivity index (χ1v) is 10.8. The van der Waals surface area contributed by atoms with Crippen LogP contribution in [0, 0.1) is 6.92 Å². The molecular formula is C26H19N7O. The van der Waals surface area contributed by atoms with Crippen LogP contribution in [0.5, 0.6) is 11.6 Å². The van der Waals surface area contributed by atoms with Crippen molar-refractivity contribution < 1.29 is 4.74 Å². The first-order valence-electron chi connectivity index (χ1n) is 10.8. The van der Waals surface area contributed by atoms with E-state index in [1.165, 1.54) is 6.33 Å². The van der Waals surface area contributed by atoms with Gasteiger partial charge in [-0.2, -0.15) is 24.4 Å². The van der Waals surface area contributed by atoms with Crippen LogP contribution >= 0.6 is 0 Å². The van der Waals surface area contributed by atoms with Gasteiger partial charge in [0.25, 0.3) is 5.78 Å². The minimum atomic E-state index is 0.468. The van der Waals surface area contributed by atoms with E-state index < -0.39 is 0 Å². The van der Waals surface area contributed by atoms with Crippen molar-refractivity contribution >= 4 is 5.78 Å². The van der Waals surface area contributed by atoms with Crippen molar-refractivity contribution in [1.29, 1.82) is 0 Å². The van der Waals surface area contributed by atoms with Crippen molar-refractivity contribution in [1.82, 2.24) is 34.3 Å². The number of nitrogens with zero attached hydrogens (tertiary/aromatic N) is 7. The number of hydrogen-bond donors (Lipinski definition) is 0. The number of para-hydroxylation sites is 2. The maximum absolute atomic E-state index is 6.44. The second kappa shape index (κ2) is 8.25. The number of ether oxygens (including phenoxy) is 1. The number of aryl methyl sites for hydroxylation is 1. The Labute approximate surface area is 195 Å². The highest BCUT2D eigenvalue weighted by Crippen LogP contribution is 2.38. The molecule has 0 unspecified atom stereocenters. The lowest BCUT2D eigenvalue weighted by Gasteiger charge is -2.12. The molecule has 0 bridgehead atoms. The lowest BCUT2D eigenvalue weighted by Crippen LogP contribution is -2.02. The van der Waals surface area contributed by atoms with Gasteiger partial charge in [-0.25, -0.2) is 4.98 Å². The Kier molecular flexibility index (Phi) is 4.81. The molecule has 164 valence electrons. The molecule has 0 amide bonds. The SMILES string of the molecule is Cc1nn(-c2ccccc2)c(Oc2ccccc2)c1-c1cc(-c2ccccn2)nc2ncnn12. The summed E-state index contributed by atoms with van der Waals surface area (Å²) >= 11 is 0. The molecule has 0 saturated carbocycles. The number of benzene rings is 2. The third-order valence-electron chi connectivity index (χ3n) is 5.41. The summed E-state index contributed by atoms with van der Waals surface area (Å²) in [6, 6.07) is 27.2. The van der Waals surface area contributed by atoms with Gasteiger partial charge in [-0.3, -0.25) is 4.98 Å². The molecule has 0 saturated heterocycles. The van der Waals surface area contributed by atoms with Gasteiger partial charge in [0.1, 0.15) is 12.1 Å². The van der Waals surface area contributed by atoms with Crippen LogP contribution in [0.3, 0.4) is 0 Å². The van der Waals surface area contributed by atoms with Crippen LogP contribution in [0.2, 0.25) is 0 Å². The average molecular weight is 445 g/mol. The Balaban J connectivity index is 1.62. The Bertz CT molecular complexity index is 1580. The number of rotatable bonds is 5. The fourth-order valence-electron chi connectivity index (χ4n) is 3.88. The molecule has 6 aromatic rings. The maximum Gasteiger partial charge on any atom is 0.253 e. The molecule has 0 N–H and O–H groups in total. The molecule has 0 radical (unpaired) electrons. The Morgan fingerprint density at radius 3 is 2.32 bits per heavy atom. The zero-order chi connectivity index (χ0) is 22.9. The van der Waals surface area contributed by atoms with Crippen LogP contribution in [-0.4, -0.2) is 34.3 Å². The second-order valence-electron chi connectivity index (χ2n) is 7.64. The lowest BCUT2D eigenvalue weighted by atomic mass is 10.1. The van der Waals surface area contributed by atoms with Crippen molar-refractivity contribution in [3.63, 3.8) is 0 Å². The summed E-state index contributed by atoms with van der Waals surface area (Å²) < 4.78 is 9.95. The first kappa shape index (κ1) is 19.8. The molecule has 8 heteroatoms. The van der Waals surface area contributed by atoms with Gasteiger partial charge in [0.2, 0.25) is 5.88 Å². The Morgan fingerprint density at radius 2 is 1.56 bits per heavy atom. The number of hydrogen-bond acceptors (Lipinski definition) is 6. The van der Waals surface area contributed by atoms with E-state index in [0.717, 1.165) is 28.3 Å². The van der Waals surface area contributed by atoms with Gasteiger partial charge >= 0.3 is 0 Å². The molecule has 0 atom stereocenters. The van der Waals surface area contributed by atoms with E-state index in [-0.39, 0.29) is 0 Å². The maximum atomic E-state index is 6.44. The summed E-state index contributed by atoms with van der Waals surface area (Å²) in [5.74, 6) is 1.75. The van der Waals surface area contributed by atoms with Crippen molar-refractivity contribution in [3.8, 4) is 40.0 Å². The largest absolute Gasteiger partial charge is 0.438 e. The van der Waals surface area contributed by atoms with E-state index >= 15 is 0 Å². The van der Waals surface area contributed by atoms with E-state index in [9.17, 15) is 0 Å². The van der Waals surface area contributed by atoms with E-state index in [4.69, 9.17) is 9.84 Å². The molecule has 6 rings (SSSR count). The summed E-state index contributed by atoms with van der Waals surface area (Å²) in [6.45, 7) is 1.95. The number of fused-ring (bicyclic) bond motifs is 1. The zero-order valence-electron chi connectivity index (χ0n) is 18.3. The Morgan fingerprint density at radius 1 is 0.794 bits per heavy atom. The van der Waals surface area contributed by atoms with Crippen LogP contribution in [0.1, 0.15) is 5.69 Å². The molecule has 2 aromatic carbocycles. The zero-order valence-corrected chi connectivity index (χ0v) is 18.3. The van der Waals surface area contributed by atoms with Gasteiger partial charge in [0.15, 0.2) is 0 Å². The van der Waals surface area contributed by atoms with Crippen molar-refractivity contribution in [2.24, 2.45) is 0 Å². The molecule has 34 heavy (non-hydrogen) atoms. The summed E-state index contributed by atoms with van der Waals surface area (Å²) in [5.41, 5.74) is 4.65. The summed E-state index contributed by atoms with van der Waals surface area (Å²) in [6.07, 6.45) is 3.23. The summed E-state index contributed by atoms with van der Waals surface area (Å²) in [4.78, 5) is 13.5. The molecule has 0 spiro atoms. The third-order valence-corrected chi connectivity index (χ3v) is 5.41. The molecule has 0 aliphatic heterocycles.